The zero-order valence-electron chi connectivity index (χ0n) is 15.2. The number of nitrogens with zero attached hydrogens (tertiary/aromatic N) is 1. The summed E-state index contributed by atoms with van der Waals surface area (Å²) in [5.41, 5.74) is 0.652. The first-order valence-electron chi connectivity index (χ1n) is 9.23. The number of carbonyl (C=O) groups is 1. The molecule has 1 amide bonds. The van der Waals surface area contributed by atoms with Gasteiger partial charge in [-0.1, -0.05) is 29.3 Å². The molecule has 146 valence electrons. The molecular weight excluding hydrogens is 399 g/mol. The molecule has 7 heteroatoms. The van der Waals surface area contributed by atoms with Gasteiger partial charge in [0.25, 0.3) is 5.91 Å². The van der Waals surface area contributed by atoms with Crippen molar-refractivity contribution < 1.29 is 13.6 Å². The summed E-state index contributed by atoms with van der Waals surface area (Å²) in [4.78, 5) is 14.9. The SMILES string of the molecule is O=C(NCC(c1ccco1)N1CCCC1)c1ccc(-c2cccc(Cl)c2Cl)o1. The molecule has 4 rings (SSSR count). The molecule has 2 aromatic heterocycles. The molecule has 1 aliphatic rings. The summed E-state index contributed by atoms with van der Waals surface area (Å²) in [6.45, 7) is 2.44. The van der Waals surface area contributed by atoms with Crippen LogP contribution >= 0.6 is 23.2 Å². The van der Waals surface area contributed by atoms with Gasteiger partial charge < -0.3 is 14.2 Å². The summed E-state index contributed by atoms with van der Waals surface area (Å²) in [6.07, 6.45) is 3.98. The third-order valence-corrected chi connectivity index (χ3v) is 5.77. The second-order valence-corrected chi connectivity index (χ2v) is 7.53. The van der Waals surface area contributed by atoms with Crippen LogP contribution in [0.2, 0.25) is 10.0 Å². The minimum absolute atomic E-state index is 0.0123. The number of rotatable bonds is 6. The monoisotopic (exact) mass is 418 g/mol. The molecule has 1 unspecified atom stereocenters. The molecule has 1 aliphatic heterocycles. The Bertz CT molecular complexity index is 946. The summed E-state index contributed by atoms with van der Waals surface area (Å²) >= 11 is 12.3. The quantitative estimate of drug-likeness (QED) is 0.580. The Morgan fingerprint density at radius 1 is 1.11 bits per heavy atom. The molecule has 0 saturated carbocycles. The van der Waals surface area contributed by atoms with Gasteiger partial charge in [-0.05, 0) is 62.3 Å². The van der Waals surface area contributed by atoms with E-state index in [1.807, 2.05) is 12.1 Å². The lowest BCUT2D eigenvalue weighted by molar-refractivity contribution is 0.0907. The molecule has 1 aromatic carbocycles. The molecule has 0 radical (unpaired) electrons. The first-order valence-corrected chi connectivity index (χ1v) is 9.99. The zero-order valence-corrected chi connectivity index (χ0v) is 16.7. The van der Waals surface area contributed by atoms with Crippen LogP contribution in [-0.2, 0) is 0 Å². The van der Waals surface area contributed by atoms with Crippen molar-refractivity contribution >= 4 is 29.1 Å². The summed E-state index contributed by atoms with van der Waals surface area (Å²) in [7, 11) is 0. The Hall–Kier alpha value is -2.21. The molecule has 1 N–H and O–H groups in total. The third-order valence-electron chi connectivity index (χ3n) is 4.96. The Balaban J connectivity index is 1.46. The van der Waals surface area contributed by atoms with Gasteiger partial charge in [0, 0.05) is 12.1 Å². The predicted molar refractivity (Wildman–Crippen MR) is 109 cm³/mol. The van der Waals surface area contributed by atoms with E-state index in [1.54, 1.807) is 36.6 Å². The molecule has 1 fully saturated rings. The highest BCUT2D eigenvalue weighted by Crippen LogP contribution is 2.34. The molecule has 0 aliphatic carbocycles. The molecule has 3 heterocycles. The Morgan fingerprint density at radius 3 is 2.68 bits per heavy atom. The van der Waals surface area contributed by atoms with Gasteiger partial charge in [-0.2, -0.15) is 0 Å². The summed E-state index contributed by atoms with van der Waals surface area (Å²) in [5.74, 6) is 1.30. The van der Waals surface area contributed by atoms with Gasteiger partial charge in [-0.15, -0.1) is 0 Å². The summed E-state index contributed by atoms with van der Waals surface area (Å²) in [5, 5.41) is 3.80. The fourth-order valence-electron chi connectivity index (χ4n) is 3.52. The molecule has 3 aromatic rings. The molecular formula is C21H20Cl2N2O3. The number of hydrogen-bond donors (Lipinski definition) is 1. The molecule has 1 saturated heterocycles. The zero-order chi connectivity index (χ0) is 19.5. The highest BCUT2D eigenvalue weighted by Gasteiger charge is 2.26. The highest BCUT2D eigenvalue weighted by molar-refractivity contribution is 6.43. The van der Waals surface area contributed by atoms with Gasteiger partial charge in [0.1, 0.15) is 11.5 Å². The second kappa shape index (κ2) is 8.43. The van der Waals surface area contributed by atoms with Crippen molar-refractivity contribution in [2.24, 2.45) is 0 Å². The van der Waals surface area contributed by atoms with E-state index >= 15 is 0 Å². The lowest BCUT2D eigenvalue weighted by atomic mass is 10.2. The molecule has 0 bridgehead atoms. The number of halogens is 2. The Labute approximate surface area is 173 Å². The van der Waals surface area contributed by atoms with E-state index in [4.69, 9.17) is 32.0 Å². The van der Waals surface area contributed by atoms with Crippen LogP contribution in [0, 0.1) is 0 Å². The first-order chi connectivity index (χ1) is 13.6. The summed E-state index contributed by atoms with van der Waals surface area (Å²) < 4.78 is 11.3. The smallest absolute Gasteiger partial charge is 0.287 e. The van der Waals surface area contributed by atoms with Gasteiger partial charge in [-0.3, -0.25) is 9.69 Å². The largest absolute Gasteiger partial charge is 0.468 e. The van der Waals surface area contributed by atoms with E-state index in [9.17, 15) is 4.79 Å². The van der Waals surface area contributed by atoms with Crippen molar-refractivity contribution in [2.75, 3.05) is 19.6 Å². The van der Waals surface area contributed by atoms with Crippen LogP contribution in [0.3, 0.4) is 0 Å². The average molecular weight is 419 g/mol. The third kappa shape index (κ3) is 3.97. The summed E-state index contributed by atoms with van der Waals surface area (Å²) in [6, 6.07) is 12.5. The van der Waals surface area contributed by atoms with Crippen LogP contribution in [0.5, 0.6) is 0 Å². The molecule has 0 spiro atoms. The average Bonchev–Trinajstić information content (AvgIpc) is 3.47. The second-order valence-electron chi connectivity index (χ2n) is 6.75. The number of carbonyl (C=O) groups excluding carboxylic acids is 1. The number of hydrogen-bond acceptors (Lipinski definition) is 4. The normalized spacial score (nSPS) is 15.6. The van der Waals surface area contributed by atoms with Crippen LogP contribution in [0.15, 0.2) is 57.6 Å². The fourth-order valence-corrected chi connectivity index (χ4v) is 3.91. The van der Waals surface area contributed by atoms with Crippen molar-refractivity contribution in [3.05, 3.63) is 70.3 Å². The maximum Gasteiger partial charge on any atom is 0.287 e. The Morgan fingerprint density at radius 2 is 1.93 bits per heavy atom. The van der Waals surface area contributed by atoms with E-state index in [2.05, 4.69) is 10.2 Å². The van der Waals surface area contributed by atoms with Crippen molar-refractivity contribution in [1.82, 2.24) is 10.2 Å². The number of furan rings is 2. The van der Waals surface area contributed by atoms with E-state index in [1.165, 1.54) is 0 Å². The fraction of sp³-hybridized carbons (Fsp3) is 0.286. The standard InChI is InChI=1S/C21H20Cl2N2O3/c22-15-6-3-5-14(20(15)23)17-8-9-19(28-17)21(26)24-13-16(18-7-4-12-27-18)25-10-1-2-11-25/h3-9,12,16H,1-2,10-11,13H2,(H,24,26). The van der Waals surface area contributed by atoms with Crippen LogP contribution in [-0.4, -0.2) is 30.4 Å². The van der Waals surface area contributed by atoms with E-state index in [0.29, 0.717) is 27.9 Å². The van der Waals surface area contributed by atoms with Crippen LogP contribution < -0.4 is 5.32 Å². The lowest BCUT2D eigenvalue weighted by Crippen LogP contribution is -2.36. The number of benzene rings is 1. The van der Waals surface area contributed by atoms with Gasteiger partial charge >= 0.3 is 0 Å². The topological polar surface area (TPSA) is 58.6 Å². The first kappa shape index (κ1) is 19.1. The molecule has 28 heavy (non-hydrogen) atoms. The number of nitrogens with one attached hydrogen (secondary N) is 1. The van der Waals surface area contributed by atoms with E-state index in [-0.39, 0.29) is 17.7 Å². The molecule has 5 nitrogen and oxygen atoms in total. The van der Waals surface area contributed by atoms with Crippen molar-refractivity contribution in [2.45, 2.75) is 18.9 Å². The minimum atomic E-state index is -0.278. The number of amides is 1. The van der Waals surface area contributed by atoms with Crippen LogP contribution in [0.1, 0.15) is 35.2 Å². The van der Waals surface area contributed by atoms with E-state index < -0.39 is 0 Å². The van der Waals surface area contributed by atoms with Gasteiger partial charge in [0.2, 0.25) is 0 Å². The van der Waals surface area contributed by atoms with Gasteiger partial charge in [0.15, 0.2) is 5.76 Å². The maximum atomic E-state index is 12.6. The molecule has 1 atom stereocenters. The lowest BCUT2D eigenvalue weighted by Gasteiger charge is -2.25. The van der Waals surface area contributed by atoms with Crippen molar-refractivity contribution in [1.29, 1.82) is 0 Å². The van der Waals surface area contributed by atoms with Gasteiger partial charge in [0.05, 0.1) is 22.4 Å². The van der Waals surface area contributed by atoms with E-state index in [0.717, 1.165) is 31.7 Å². The highest BCUT2D eigenvalue weighted by atomic mass is 35.5. The predicted octanol–water partition coefficient (Wildman–Crippen LogP) is 5.41. The Kier molecular flexibility index (Phi) is 5.76. The maximum absolute atomic E-state index is 12.6. The van der Waals surface area contributed by atoms with Crippen LogP contribution in [0.4, 0.5) is 0 Å². The van der Waals surface area contributed by atoms with Crippen molar-refractivity contribution in [3.63, 3.8) is 0 Å². The van der Waals surface area contributed by atoms with Gasteiger partial charge in [-0.25, -0.2) is 0 Å². The number of likely N-dealkylation sites (tertiary alicyclic amines) is 1. The van der Waals surface area contributed by atoms with Crippen molar-refractivity contribution in [3.8, 4) is 11.3 Å². The minimum Gasteiger partial charge on any atom is -0.468 e. The van der Waals surface area contributed by atoms with Crippen LogP contribution in [0.25, 0.3) is 11.3 Å².